The van der Waals surface area contributed by atoms with E-state index < -0.39 is 0 Å². The first-order chi connectivity index (χ1) is 12.8. The van der Waals surface area contributed by atoms with Crippen LogP contribution in [-0.2, 0) is 19.6 Å². The van der Waals surface area contributed by atoms with Crippen molar-refractivity contribution in [1.82, 2.24) is 25.3 Å². The Bertz CT molecular complexity index is 736. The number of carbonyl (C=O) groups is 1. The van der Waals surface area contributed by atoms with Crippen LogP contribution in [0, 0.1) is 5.92 Å². The minimum absolute atomic E-state index is 0.0416. The highest BCUT2D eigenvalue weighted by molar-refractivity contribution is 5.92. The van der Waals surface area contributed by atoms with Gasteiger partial charge in [-0.1, -0.05) is 30.3 Å². The average molecular weight is 353 g/mol. The van der Waals surface area contributed by atoms with Crippen molar-refractivity contribution in [2.24, 2.45) is 5.92 Å². The van der Waals surface area contributed by atoms with Gasteiger partial charge in [0, 0.05) is 26.2 Å². The number of amides is 1. The van der Waals surface area contributed by atoms with Crippen LogP contribution in [0.15, 0.2) is 36.4 Å². The van der Waals surface area contributed by atoms with E-state index in [1.807, 2.05) is 16.8 Å². The molecule has 3 heterocycles. The van der Waals surface area contributed by atoms with Crippen LogP contribution in [0.5, 0.6) is 0 Å². The van der Waals surface area contributed by atoms with E-state index in [0.717, 1.165) is 64.3 Å². The molecule has 2 aliphatic rings. The van der Waals surface area contributed by atoms with E-state index in [1.54, 1.807) is 0 Å². The van der Waals surface area contributed by atoms with Gasteiger partial charge in [0.2, 0.25) is 0 Å². The van der Waals surface area contributed by atoms with Gasteiger partial charge in [-0.25, -0.2) is 0 Å². The molecule has 0 unspecified atom stereocenters. The first-order valence-corrected chi connectivity index (χ1v) is 9.60. The smallest absolute Gasteiger partial charge is 0.271 e. The van der Waals surface area contributed by atoms with Crippen molar-refractivity contribution in [3.8, 4) is 0 Å². The van der Waals surface area contributed by atoms with E-state index in [1.165, 1.54) is 5.56 Å². The molecule has 0 bridgehead atoms. The van der Waals surface area contributed by atoms with E-state index in [2.05, 4.69) is 44.9 Å². The molecule has 0 atom stereocenters. The standard InChI is InChI=1S/C20H27N5O/c26-20(22-13-16-6-8-21-9-7-16)19-12-18-15-24(10-11-25(18)23-19)14-17-4-2-1-3-5-17/h1-5,12,16,21H,6-11,13-15H2,(H,22,26). The summed E-state index contributed by atoms with van der Waals surface area (Å²) >= 11 is 0. The summed E-state index contributed by atoms with van der Waals surface area (Å²) in [5, 5.41) is 10.9. The highest BCUT2D eigenvalue weighted by Gasteiger charge is 2.21. The number of hydrogen-bond donors (Lipinski definition) is 2. The van der Waals surface area contributed by atoms with Gasteiger partial charge < -0.3 is 10.6 Å². The third-order valence-corrected chi connectivity index (χ3v) is 5.37. The van der Waals surface area contributed by atoms with E-state index >= 15 is 0 Å². The Balaban J connectivity index is 1.34. The van der Waals surface area contributed by atoms with Crippen LogP contribution in [-0.4, -0.2) is 46.8 Å². The number of nitrogens with zero attached hydrogens (tertiary/aromatic N) is 3. The zero-order chi connectivity index (χ0) is 17.8. The number of benzene rings is 1. The highest BCUT2D eigenvalue weighted by Crippen LogP contribution is 2.17. The second-order valence-corrected chi connectivity index (χ2v) is 7.34. The van der Waals surface area contributed by atoms with Crippen molar-refractivity contribution in [2.75, 3.05) is 26.2 Å². The number of rotatable bonds is 5. The maximum atomic E-state index is 12.5. The second kappa shape index (κ2) is 8.01. The van der Waals surface area contributed by atoms with Crippen LogP contribution in [0.3, 0.4) is 0 Å². The molecular formula is C20H27N5O. The Kier molecular flexibility index (Phi) is 5.32. The largest absolute Gasteiger partial charge is 0.350 e. The van der Waals surface area contributed by atoms with Crippen molar-refractivity contribution in [2.45, 2.75) is 32.5 Å². The monoisotopic (exact) mass is 353 g/mol. The maximum absolute atomic E-state index is 12.5. The summed E-state index contributed by atoms with van der Waals surface area (Å²) in [6.45, 7) is 6.42. The van der Waals surface area contributed by atoms with E-state index in [-0.39, 0.29) is 5.91 Å². The highest BCUT2D eigenvalue weighted by atomic mass is 16.1. The summed E-state index contributed by atoms with van der Waals surface area (Å²) < 4.78 is 1.99. The van der Waals surface area contributed by atoms with Gasteiger partial charge in [0.15, 0.2) is 0 Å². The summed E-state index contributed by atoms with van der Waals surface area (Å²) in [5.74, 6) is 0.541. The Morgan fingerprint density at radius 2 is 2.00 bits per heavy atom. The van der Waals surface area contributed by atoms with Crippen LogP contribution >= 0.6 is 0 Å². The van der Waals surface area contributed by atoms with Gasteiger partial charge in [0.05, 0.1) is 12.2 Å². The minimum atomic E-state index is -0.0416. The SMILES string of the molecule is O=C(NCC1CCNCC1)c1cc2n(n1)CCN(Cc1ccccc1)C2. The van der Waals surface area contributed by atoms with E-state index in [9.17, 15) is 4.79 Å². The molecule has 0 aliphatic carbocycles. The van der Waals surface area contributed by atoms with Crippen molar-refractivity contribution in [1.29, 1.82) is 0 Å². The van der Waals surface area contributed by atoms with Gasteiger partial charge in [-0.05, 0) is 43.5 Å². The minimum Gasteiger partial charge on any atom is -0.350 e. The first kappa shape index (κ1) is 17.2. The Labute approximate surface area is 154 Å². The number of fused-ring (bicyclic) bond motifs is 1. The van der Waals surface area contributed by atoms with Gasteiger partial charge >= 0.3 is 0 Å². The predicted molar refractivity (Wildman–Crippen MR) is 101 cm³/mol. The zero-order valence-corrected chi connectivity index (χ0v) is 15.2. The third kappa shape index (κ3) is 4.14. The van der Waals surface area contributed by atoms with Crippen molar-refractivity contribution in [3.05, 3.63) is 53.3 Å². The van der Waals surface area contributed by atoms with Crippen LogP contribution in [0.2, 0.25) is 0 Å². The Morgan fingerprint density at radius 3 is 2.81 bits per heavy atom. The predicted octanol–water partition coefficient (Wildman–Crippen LogP) is 1.63. The van der Waals surface area contributed by atoms with Gasteiger partial charge in [0.1, 0.15) is 5.69 Å². The molecular weight excluding hydrogens is 326 g/mol. The van der Waals surface area contributed by atoms with Crippen LogP contribution in [0.25, 0.3) is 0 Å². The molecule has 2 aliphatic heterocycles. The molecule has 0 radical (unpaired) electrons. The molecule has 1 aromatic heterocycles. The summed E-state index contributed by atoms with van der Waals surface area (Å²) in [5.41, 5.74) is 3.00. The van der Waals surface area contributed by atoms with Crippen LogP contribution in [0.4, 0.5) is 0 Å². The van der Waals surface area contributed by atoms with Gasteiger partial charge in [-0.2, -0.15) is 5.10 Å². The summed E-state index contributed by atoms with van der Waals surface area (Å²) in [6.07, 6.45) is 2.27. The molecule has 26 heavy (non-hydrogen) atoms. The lowest BCUT2D eigenvalue weighted by molar-refractivity contribution is 0.0938. The normalized spacial score (nSPS) is 18.5. The fourth-order valence-electron chi connectivity index (χ4n) is 3.82. The fraction of sp³-hybridized carbons (Fsp3) is 0.500. The molecule has 1 aromatic carbocycles. The van der Waals surface area contributed by atoms with Crippen molar-refractivity contribution in [3.63, 3.8) is 0 Å². The topological polar surface area (TPSA) is 62.2 Å². The molecule has 0 spiro atoms. The summed E-state index contributed by atoms with van der Waals surface area (Å²) in [6, 6.07) is 12.5. The maximum Gasteiger partial charge on any atom is 0.271 e. The number of piperidine rings is 1. The Hall–Kier alpha value is -2.18. The molecule has 1 saturated heterocycles. The lowest BCUT2D eigenvalue weighted by Gasteiger charge is -2.27. The fourth-order valence-corrected chi connectivity index (χ4v) is 3.82. The third-order valence-electron chi connectivity index (χ3n) is 5.37. The van der Waals surface area contributed by atoms with E-state index in [0.29, 0.717) is 11.6 Å². The molecule has 0 saturated carbocycles. The van der Waals surface area contributed by atoms with Crippen LogP contribution in [0.1, 0.15) is 34.6 Å². The van der Waals surface area contributed by atoms with Gasteiger partial charge in [0.25, 0.3) is 5.91 Å². The van der Waals surface area contributed by atoms with Gasteiger partial charge in [-0.15, -0.1) is 0 Å². The first-order valence-electron chi connectivity index (χ1n) is 9.60. The number of aromatic nitrogens is 2. The van der Waals surface area contributed by atoms with Gasteiger partial charge in [-0.3, -0.25) is 14.4 Å². The lowest BCUT2D eigenvalue weighted by atomic mass is 9.98. The molecule has 2 N–H and O–H groups in total. The zero-order valence-electron chi connectivity index (χ0n) is 15.2. The number of hydrogen-bond acceptors (Lipinski definition) is 4. The molecule has 1 fully saturated rings. The number of carbonyl (C=O) groups excluding carboxylic acids is 1. The molecule has 6 nitrogen and oxygen atoms in total. The Morgan fingerprint density at radius 1 is 1.19 bits per heavy atom. The summed E-state index contributed by atoms with van der Waals surface area (Å²) in [7, 11) is 0. The summed E-state index contributed by atoms with van der Waals surface area (Å²) in [4.78, 5) is 14.9. The number of nitrogens with one attached hydrogen (secondary N) is 2. The van der Waals surface area contributed by atoms with Crippen LogP contribution < -0.4 is 10.6 Å². The lowest BCUT2D eigenvalue weighted by Crippen LogP contribution is -2.36. The molecule has 4 rings (SSSR count). The molecule has 138 valence electrons. The van der Waals surface area contributed by atoms with E-state index in [4.69, 9.17) is 0 Å². The quantitative estimate of drug-likeness (QED) is 0.858. The van der Waals surface area contributed by atoms with Crippen molar-refractivity contribution >= 4 is 5.91 Å². The average Bonchev–Trinajstić information content (AvgIpc) is 3.11. The van der Waals surface area contributed by atoms with Crippen molar-refractivity contribution < 1.29 is 4.79 Å². The molecule has 6 heteroatoms. The molecule has 1 amide bonds. The molecule has 2 aromatic rings. The second-order valence-electron chi connectivity index (χ2n) is 7.34.